The second-order valence-corrected chi connectivity index (χ2v) is 6.68. The van der Waals surface area contributed by atoms with Gasteiger partial charge in [0, 0.05) is 0 Å². The molecule has 1 amide bonds. The molecule has 0 saturated heterocycles. The van der Waals surface area contributed by atoms with E-state index in [1.807, 2.05) is 13.8 Å². The van der Waals surface area contributed by atoms with Gasteiger partial charge in [-0.25, -0.2) is 10.4 Å². The molecule has 7 nitrogen and oxygen atoms in total. The number of aromatic nitrogens is 1. The van der Waals surface area contributed by atoms with Crippen LogP contribution in [-0.4, -0.2) is 30.3 Å². The summed E-state index contributed by atoms with van der Waals surface area (Å²) in [6.45, 7) is 3.83. The molecule has 3 N–H and O–H groups in total. The number of benzene rings is 1. The fourth-order valence-corrected chi connectivity index (χ4v) is 2.61. The summed E-state index contributed by atoms with van der Waals surface area (Å²) in [5.74, 6) is 0.463. The van der Waals surface area contributed by atoms with Crippen molar-refractivity contribution < 1.29 is 14.3 Å². The molecule has 0 aliphatic carbocycles. The molecule has 0 radical (unpaired) electrons. The van der Waals surface area contributed by atoms with E-state index >= 15 is 0 Å². The number of hydrogen-bond acceptors (Lipinski definition) is 6. The SMILES string of the molecule is COc1cc(/C=N/NC(=O)c2nc(Cl)c(Cl)c(N)c2Cl)ccc1OC(C)C. The highest BCUT2D eigenvalue weighted by Gasteiger charge is 2.19. The summed E-state index contributed by atoms with van der Waals surface area (Å²) in [5.41, 5.74) is 8.46. The van der Waals surface area contributed by atoms with E-state index in [9.17, 15) is 4.79 Å². The first-order valence-corrected chi connectivity index (χ1v) is 8.86. The number of anilines is 1. The number of nitrogens with zero attached hydrogens (tertiary/aromatic N) is 2. The van der Waals surface area contributed by atoms with Crippen LogP contribution in [0.15, 0.2) is 23.3 Å². The second-order valence-electron chi connectivity index (χ2n) is 5.57. The molecular formula is C17H17Cl3N4O3. The first-order valence-electron chi connectivity index (χ1n) is 7.72. The maximum atomic E-state index is 12.2. The number of hydrazone groups is 1. The molecule has 1 aromatic carbocycles. The van der Waals surface area contributed by atoms with Gasteiger partial charge in [-0.15, -0.1) is 0 Å². The average Bonchev–Trinajstić information content (AvgIpc) is 2.63. The van der Waals surface area contributed by atoms with Gasteiger partial charge in [0.05, 0.1) is 30.1 Å². The number of pyridine rings is 1. The number of methoxy groups -OCH3 is 1. The molecule has 0 aliphatic rings. The van der Waals surface area contributed by atoms with Gasteiger partial charge < -0.3 is 15.2 Å². The zero-order valence-corrected chi connectivity index (χ0v) is 17.0. The standard InChI is InChI=1S/C17H17Cl3N4O3/c1-8(2)27-10-5-4-9(6-11(10)26-3)7-22-24-17(25)15-12(18)14(21)13(19)16(20)23-15/h4-8H,1-3H3,(H2,21,23)(H,24,25)/b22-7+. The fraction of sp³-hybridized carbons (Fsp3) is 0.235. The second kappa shape index (κ2) is 9.12. The van der Waals surface area contributed by atoms with Gasteiger partial charge in [0.1, 0.15) is 5.02 Å². The molecule has 27 heavy (non-hydrogen) atoms. The van der Waals surface area contributed by atoms with E-state index in [1.54, 1.807) is 18.2 Å². The topological polar surface area (TPSA) is 98.8 Å². The summed E-state index contributed by atoms with van der Waals surface area (Å²) in [4.78, 5) is 16.0. The molecule has 2 rings (SSSR count). The molecule has 0 fully saturated rings. The molecular weight excluding hydrogens is 415 g/mol. The summed E-state index contributed by atoms with van der Waals surface area (Å²) in [5, 5.41) is 3.62. The van der Waals surface area contributed by atoms with Crippen LogP contribution in [0.3, 0.4) is 0 Å². The lowest BCUT2D eigenvalue weighted by molar-refractivity contribution is 0.0950. The number of ether oxygens (including phenoxy) is 2. The van der Waals surface area contributed by atoms with Crippen LogP contribution < -0.4 is 20.6 Å². The average molecular weight is 432 g/mol. The molecule has 144 valence electrons. The molecule has 1 aromatic heterocycles. The molecule has 0 aliphatic heterocycles. The first kappa shape index (κ1) is 21.1. The lowest BCUT2D eigenvalue weighted by Crippen LogP contribution is -2.20. The van der Waals surface area contributed by atoms with Crippen molar-refractivity contribution in [3.8, 4) is 11.5 Å². The van der Waals surface area contributed by atoms with E-state index in [-0.39, 0.29) is 32.7 Å². The molecule has 0 unspecified atom stereocenters. The minimum atomic E-state index is -0.687. The third-order valence-corrected chi connectivity index (χ3v) is 4.35. The summed E-state index contributed by atoms with van der Waals surface area (Å²) in [7, 11) is 1.54. The van der Waals surface area contributed by atoms with Crippen molar-refractivity contribution in [3.63, 3.8) is 0 Å². The van der Waals surface area contributed by atoms with Crippen LogP contribution in [0.25, 0.3) is 0 Å². The van der Waals surface area contributed by atoms with Crippen LogP contribution in [0.5, 0.6) is 11.5 Å². The number of amides is 1. The van der Waals surface area contributed by atoms with Gasteiger partial charge in [0.25, 0.3) is 5.91 Å². The molecule has 0 saturated carbocycles. The molecule has 0 atom stereocenters. The number of carbonyl (C=O) groups excluding carboxylic acids is 1. The zero-order valence-electron chi connectivity index (χ0n) is 14.7. The summed E-state index contributed by atoms with van der Waals surface area (Å²) in [6.07, 6.45) is 1.43. The van der Waals surface area contributed by atoms with Gasteiger partial charge in [0.2, 0.25) is 0 Å². The van der Waals surface area contributed by atoms with E-state index in [1.165, 1.54) is 13.3 Å². The number of nitrogens with one attached hydrogen (secondary N) is 1. The summed E-state index contributed by atoms with van der Waals surface area (Å²) < 4.78 is 10.9. The van der Waals surface area contributed by atoms with Gasteiger partial charge in [-0.2, -0.15) is 5.10 Å². The Morgan fingerprint density at radius 3 is 2.59 bits per heavy atom. The van der Waals surface area contributed by atoms with E-state index in [0.717, 1.165) is 0 Å². The lowest BCUT2D eigenvalue weighted by Gasteiger charge is -2.13. The van der Waals surface area contributed by atoms with Gasteiger partial charge in [-0.1, -0.05) is 34.8 Å². The molecule has 0 spiro atoms. The van der Waals surface area contributed by atoms with E-state index in [4.69, 9.17) is 50.0 Å². The summed E-state index contributed by atoms with van der Waals surface area (Å²) in [6, 6.07) is 5.23. The highest BCUT2D eigenvalue weighted by Crippen LogP contribution is 2.34. The van der Waals surface area contributed by atoms with Gasteiger partial charge in [0.15, 0.2) is 22.3 Å². The monoisotopic (exact) mass is 430 g/mol. The number of carbonyl (C=O) groups is 1. The van der Waals surface area contributed by atoms with Gasteiger partial charge in [-0.05, 0) is 37.6 Å². The Labute approximate surface area is 171 Å². The molecule has 2 aromatic rings. The maximum Gasteiger partial charge on any atom is 0.291 e. The van der Waals surface area contributed by atoms with Crippen LogP contribution in [0.1, 0.15) is 29.9 Å². The Kier molecular flexibility index (Phi) is 7.12. The van der Waals surface area contributed by atoms with E-state index < -0.39 is 5.91 Å². The third kappa shape index (κ3) is 5.15. The number of halogens is 3. The van der Waals surface area contributed by atoms with Gasteiger partial charge >= 0.3 is 0 Å². The Balaban J connectivity index is 2.15. The van der Waals surface area contributed by atoms with Crippen LogP contribution >= 0.6 is 34.8 Å². The number of hydrogen-bond donors (Lipinski definition) is 2. The highest BCUT2D eigenvalue weighted by atomic mass is 35.5. The molecule has 0 bridgehead atoms. The van der Waals surface area contributed by atoms with E-state index in [0.29, 0.717) is 17.1 Å². The predicted molar refractivity (Wildman–Crippen MR) is 107 cm³/mol. The highest BCUT2D eigenvalue weighted by molar-refractivity contribution is 6.46. The fourth-order valence-electron chi connectivity index (χ4n) is 2.02. The van der Waals surface area contributed by atoms with Gasteiger partial charge in [-0.3, -0.25) is 4.79 Å². The predicted octanol–water partition coefficient (Wildman–Crippen LogP) is 4.18. The van der Waals surface area contributed by atoms with Crippen molar-refractivity contribution in [2.45, 2.75) is 20.0 Å². The van der Waals surface area contributed by atoms with Crippen molar-refractivity contribution in [3.05, 3.63) is 44.7 Å². The van der Waals surface area contributed by atoms with Crippen molar-refractivity contribution in [1.82, 2.24) is 10.4 Å². The number of rotatable bonds is 6. The van der Waals surface area contributed by atoms with Crippen molar-refractivity contribution in [1.29, 1.82) is 0 Å². The van der Waals surface area contributed by atoms with Crippen LogP contribution in [0.4, 0.5) is 5.69 Å². The number of nitrogens with two attached hydrogens (primary N) is 1. The Morgan fingerprint density at radius 2 is 1.96 bits per heavy atom. The third-order valence-electron chi connectivity index (χ3n) is 3.22. The number of nitrogen functional groups attached to an aromatic ring is 1. The lowest BCUT2D eigenvalue weighted by atomic mass is 10.2. The Morgan fingerprint density at radius 1 is 1.26 bits per heavy atom. The minimum absolute atomic E-state index is 0.00795. The van der Waals surface area contributed by atoms with Crippen LogP contribution in [0.2, 0.25) is 15.2 Å². The van der Waals surface area contributed by atoms with Crippen molar-refractivity contribution in [2.75, 3.05) is 12.8 Å². The van der Waals surface area contributed by atoms with Crippen LogP contribution in [-0.2, 0) is 0 Å². The Hall–Kier alpha value is -2.22. The zero-order chi connectivity index (χ0) is 20.1. The Bertz CT molecular complexity index is 888. The quantitative estimate of drug-likeness (QED) is 0.406. The van der Waals surface area contributed by atoms with E-state index in [2.05, 4.69) is 15.5 Å². The summed E-state index contributed by atoms with van der Waals surface area (Å²) >= 11 is 17.6. The van der Waals surface area contributed by atoms with Crippen molar-refractivity contribution in [2.24, 2.45) is 5.10 Å². The smallest absolute Gasteiger partial charge is 0.291 e. The minimum Gasteiger partial charge on any atom is -0.493 e. The molecule has 10 heteroatoms. The van der Waals surface area contributed by atoms with Crippen molar-refractivity contribution >= 4 is 52.6 Å². The largest absolute Gasteiger partial charge is 0.493 e. The maximum absolute atomic E-state index is 12.2. The molecule has 1 heterocycles. The normalized spacial score (nSPS) is 11.1. The van der Waals surface area contributed by atoms with Crippen LogP contribution in [0, 0.1) is 0 Å². The first-order chi connectivity index (χ1) is 12.7.